The van der Waals surface area contributed by atoms with Gasteiger partial charge in [0.25, 0.3) is 0 Å². The standard InChI is InChI=1S/C19H23O2.Na/c1-5-6-7-11-16(2)12-8-9-13-17(3)14-10-15-18(4)19(20)21;/h6-15H,1-4H3,(H,20,21);/q-1;+1/p-1/b9-8+,11-7+,14-10+,16-12+,17-13+,18-15+;. The van der Waals surface area contributed by atoms with Gasteiger partial charge in [0.2, 0.25) is 0 Å². The quantitative estimate of drug-likeness (QED) is 0.299. The molecule has 0 saturated heterocycles. The Morgan fingerprint density at radius 1 is 0.864 bits per heavy atom. The number of carbonyl (C=O) groups excluding carboxylic acids is 1. The molecule has 0 aliphatic heterocycles. The number of aliphatic carboxylic acids is 1. The molecular weight excluding hydrogens is 283 g/mol. The first-order chi connectivity index (χ1) is 9.97. The molecule has 0 radical (unpaired) electrons. The van der Waals surface area contributed by atoms with Crippen molar-refractivity contribution in [2.45, 2.75) is 27.7 Å². The smallest absolute Gasteiger partial charge is 0.545 e. The largest absolute Gasteiger partial charge is 1.00 e. The number of carboxylic acids is 1. The van der Waals surface area contributed by atoms with Crippen LogP contribution in [0.4, 0.5) is 0 Å². The Balaban J connectivity index is 0. The van der Waals surface area contributed by atoms with Gasteiger partial charge >= 0.3 is 29.6 Å². The molecule has 0 fully saturated rings. The van der Waals surface area contributed by atoms with E-state index in [9.17, 15) is 9.90 Å². The van der Waals surface area contributed by atoms with Gasteiger partial charge in [0.15, 0.2) is 0 Å². The van der Waals surface area contributed by atoms with Crippen molar-refractivity contribution in [2.24, 2.45) is 0 Å². The fraction of sp³-hybridized carbons (Fsp3) is 0.211. The predicted octanol–water partition coefficient (Wildman–Crippen LogP) is 0.627. The summed E-state index contributed by atoms with van der Waals surface area (Å²) < 4.78 is 0. The first-order valence-electron chi connectivity index (χ1n) is 6.72. The van der Waals surface area contributed by atoms with E-state index < -0.39 is 5.97 Å². The Labute approximate surface area is 156 Å². The van der Waals surface area contributed by atoms with Crippen molar-refractivity contribution in [2.75, 3.05) is 0 Å². The Kier molecular flexibility index (Phi) is 15.2. The maximum absolute atomic E-state index is 10.5. The van der Waals surface area contributed by atoms with E-state index in [0.717, 1.165) is 11.1 Å². The van der Waals surface area contributed by atoms with Gasteiger partial charge in [-0.2, -0.15) is 0 Å². The Bertz CT molecular complexity index is 542. The van der Waals surface area contributed by atoms with Gasteiger partial charge in [-0.15, -0.1) is 13.0 Å². The number of hydrogen-bond donors (Lipinski definition) is 0. The van der Waals surface area contributed by atoms with Gasteiger partial charge in [0.1, 0.15) is 0 Å². The molecule has 2 nitrogen and oxygen atoms in total. The number of allylic oxidation sites excluding steroid dienone is 13. The van der Waals surface area contributed by atoms with Gasteiger partial charge in [-0.3, -0.25) is 6.08 Å². The van der Waals surface area contributed by atoms with E-state index in [1.165, 1.54) is 13.0 Å². The molecule has 0 unspecified atom stereocenters. The molecule has 0 heterocycles. The third-order valence-corrected chi connectivity index (χ3v) is 2.48. The number of hydrogen-bond acceptors (Lipinski definition) is 2. The van der Waals surface area contributed by atoms with E-state index >= 15 is 0 Å². The number of rotatable bonds is 7. The van der Waals surface area contributed by atoms with Gasteiger partial charge in [-0.25, -0.2) is 12.2 Å². The maximum Gasteiger partial charge on any atom is 1.00 e. The van der Waals surface area contributed by atoms with Crippen molar-refractivity contribution in [3.63, 3.8) is 0 Å². The van der Waals surface area contributed by atoms with Crippen molar-refractivity contribution in [3.8, 4) is 0 Å². The zero-order valence-electron chi connectivity index (χ0n) is 14.1. The van der Waals surface area contributed by atoms with Crippen molar-refractivity contribution >= 4 is 5.97 Å². The van der Waals surface area contributed by atoms with Crippen LogP contribution in [0.25, 0.3) is 0 Å². The minimum Gasteiger partial charge on any atom is -0.545 e. The maximum atomic E-state index is 10.5. The van der Waals surface area contributed by atoms with Crippen LogP contribution in [0.2, 0.25) is 0 Å². The van der Waals surface area contributed by atoms with E-state index in [2.05, 4.69) is 6.08 Å². The van der Waals surface area contributed by atoms with Gasteiger partial charge in [-0.05, 0) is 26.3 Å². The van der Waals surface area contributed by atoms with Gasteiger partial charge in [0.05, 0.1) is 5.97 Å². The molecule has 0 bridgehead atoms. The SMILES string of the molecule is C[C-]=C/C=C/C(C)=C/C=C/C=C(C)/C=C/C=C(\C)C(=O)[O-].[Na+]. The van der Waals surface area contributed by atoms with E-state index in [0.29, 0.717) is 0 Å². The fourth-order valence-corrected chi connectivity index (χ4v) is 1.23. The molecule has 0 saturated carbocycles. The minimum atomic E-state index is -1.15. The second-order valence-electron chi connectivity index (χ2n) is 4.52. The van der Waals surface area contributed by atoms with Crippen molar-refractivity contribution in [1.82, 2.24) is 0 Å². The first-order valence-corrected chi connectivity index (χ1v) is 6.72. The summed E-state index contributed by atoms with van der Waals surface area (Å²) in [7, 11) is 0. The van der Waals surface area contributed by atoms with E-state index in [1.54, 1.807) is 6.08 Å². The number of carboxylic acid groups (broad SMARTS) is 1. The second-order valence-corrected chi connectivity index (χ2v) is 4.52. The molecule has 22 heavy (non-hydrogen) atoms. The summed E-state index contributed by atoms with van der Waals surface area (Å²) in [6, 6.07) is 0. The zero-order valence-corrected chi connectivity index (χ0v) is 16.1. The van der Waals surface area contributed by atoms with E-state index in [-0.39, 0.29) is 35.1 Å². The number of carbonyl (C=O) groups is 1. The predicted molar refractivity (Wildman–Crippen MR) is 87.2 cm³/mol. The van der Waals surface area contributed by atoms with E-state index in [1.807, 2.05) is 69.4 Å². The summed E-state index contributed by atoms with van der Waals surface area (Å²) in [5.41, 5.74) is 2.38. The Hall–Kier alpha value is -1.35. The minimum absolute atomic E-state index is 0. The summed E-state index contributed by atoms with van der Waals surface area (Å²) in [4.78, 5) is 10.5. The van der Waals surface area contributed by atoms with Gasteiger partial charge in [-0.1, -0.05) is 53.7 Å². The summed E-state index contributed by atoms with van der Waals surface area (Å²) in [6.07, 6.45) is 21.6. The van der Waals surface area contributed by atoms with Crippen LogP contribution in [-0.4, -0.2) is 5.97 Å². The normalized spacial score (nSPS) is 14.5. The molecule has 0 aliphatic carbocycles. The van der Waals surface area contributed by atoms with Crippen LogP contribution in [0.1, 0.15) is 27.7 Å². The molecule has 0 aromatic heterocycles. The molecule has 0 aliphatic rings. The average molecular weight is 305 g/mol. The monoisotopic (exact) mass is 305 g/mol. The van der Waals surface area contributed by atoms with Gasteiger partial charge < -0.3 is 9.90 Å². The van der Waals surface area contributed by atoms with Crippen molar-refractivity contribution in [3.05, 3.63) is 83.6 Å². The molecule has 0 rings (SSSR count). The summed E-state index contributed by atoms with van der Waals surface area (Å²) in [5, 5.41) is 10.5. The van der Waals surface area contributed by atoms with Crippen LogP contribution >= 0.6 is 0 Å². The third-order valence-electron chi connectivity index (χ3n) is 2.48. The molecule has 0 atom stereocenters. The second kappa shape index (κ2) is 14.6. The van der Waals surface area contributed by atoms with Crippen LogP contribution in [0.15, 0.2) is 77.5 Å². The molecule has 112 valence electrons. The van der Waals surface area contributed by atoms with E-state index in [4.69, 9.17) is 0 Å². The van der Waals surface area contributed by atoms with Crippen LogP contribution in [0.5, 0.6) is 0 Å². The van der Waals surface area contributed by atoms with Gasteiger partial charge in [0, 0.05) is 0 Å². The Morgan fingerprint density at radius 2 is 1.36 bits per heavy atom. The molecule has 0 aromatic rings. The molecule has 0 aromatic carbocycles. The van der Waals surface area contributed by atoms with Crippen LogP contribution in [0.3, 0.4) is 0 Å². The van der Waals surface area contributed by atoms with Crippen LogP contribution < -0.4 is 34.7 Å². The zero-order chi connectivity index (χ0) is 16.1. The van der Waals surface area contributed by atoms with Crippen molar-refractivity contribution < 1.29 is 39.5 Å². The average Bonchev–Trinajstić information content (AvgIpc) is 2.43. The summed E-state index contributed by atoms with van der Waals surface area (Å²) in [5.74, 6) is -1.15. The van der Waals surface area contributed by atoms with Crippen molar-refractivity contribution in [1.29, 1.82) is 0 Å². The topological polar surface area (TPSA) is 40.1 Å². The first kappa shape index (κ1) is 22.9. The Morgan fingerprint density at radius 3 is 1.82 bits per heavy atom. The third kappa shape index (κ3) is 13.6. The van der Waals surface area contributed by atoms with Crippen LogP contribution in [0, 0.1) is 6.08 Å². The molecule has 0 amide bonds. The molecule has 0 N–H and O–H groups in total. The summed E-state index contributed by atoms with van der Waals surface area (Å²) in [6.45, 7) is 7.33. The molecule has 3 heteroatoms. The van der Waals surface area contributed by atoms with Crippen LogP contribution in [-0.2, 0) is 4.79 Å². The molecular formula is C19H22NaO2-. The summed E-state index contributed by atoms with van der Waals surface area (Å²) >= 11 is 0. The molecule has 0 spiro atoms. The fourth-order valence-electron chi connectivity index (χ4n) is 1.23.